The van der Waals surface area contributed by atoms with E-state index in [4.69, 9.17) is 21.7 Å². The van der Waals surface area contributed by atoms with Crippen molar-refractivity contribution in [2.24, 2.45) is 0 Å². The van der Waals surface area contributed by atoms with Crippen molar-refractivity contribution in [1.82, 2.24) is 10.6 Å². The second kappa shape index (κ2) is 6.61. The zero-order valence-electron chi connectivity index (χ0n) is 11.4. The van der Waals surface area contributed by atoms with Crippen molar-refractivity contribution >= 4 is 17.3 Å². The minimum Gasteiger partial charge on any atom is -0.454 e. The second-order valence-corrected chi connectivity index (χ2v) is 5.11. The van der Waals surface area contributed by atoms with Gasteiger partial charge in [0.25, 0.3) is 0 Å². The number of benzene rings is 1. The molecule has 1 aromatic rings. The predicted molar refractivity (Wildman–Crippen MR) is 79.5 cm³/mol. The third-order valence-corrected chi connectivity index (χ3v) is 3.25. The van der Waals surface area contributed by atoms with Crippen LogP contribution in [-0.2, 0) is 6.54 Å². The fraction of sp³-hybridized carbons (Fsp3) is 0.500. The van der Waals surface area contributed by atoms with Gasteiger partial charge in [0.2, 0.25) is 6.79 Å². The molecule has 0 radical (unpaired) electrons. The standard InChI is InChI=1S/C14H20N2O2S/c1-3-4-10(2)16-14(19)15-8-11-5-6-12-13(7-11)18-9-17-12/h5-7,10H,3-4,8-9H2,1-2H3,(H2,15,16,19)/t10-/m1/s1. The van der Waals surface area contributed by atoms with E-state index in [2.05, 4.69) is 24.5 Å². The van der Waals surface area contributed by atoms with Crippen LogP contribution < -0.4 is 20.1 Å². The van der Waals surface area contributed by atoms with E-state index in [0.29, 0.717) is 24.5 Å². The topological polar surface area (TPSA) is 42.5 Å². The Balaban J connectivity index is 1.80. The number of hydrogen-bond donors (Lipinski definition) is 2. The van der Waals surface area contributed by atoms with Crippen molar-refractivity contribution in [1.29, 1.82) is 0 Å². The lowest BCUT2D eigenvalue weighted by molar-refractivity contribution is 0.174. The number of hydrogen-bond acceptors (Lipinski definition) is 3. The van der Waals surface area contributed by atoms with Gasteiger partial charge in [0.1, 0.15) is 0 Å². The molecule has 0 fully saturated rings. The molecular formula is C14H20N2O2S. The summed E-state index contributed by atoms with van der Waals surface area (Å²) in [5.74, 6) is 1.61. The molecule has 4 nitrogen and oxygen atoms in total. The first-order valence-electron chi connectivity index (χ1n) is 6.62. The van der Waals surface area contributed by atoms with E-state index in [1.54, 1.807) is 0 Å². The van der Waals surface area contributed by atoms with Crippen LogP contribution in [0.2, 0.25) is 0 Å². The molecule has 1 atom stereocenters. The molecule has 0 bridgehead atoms. The number of nitrogens with one attached hydrogen (secondary N) is 2. The van der Waals surface area contributed by atoms with Gasteiger partial charge in [-0.2, -0.15) is 0 Å². The van der Waals surface area contributed by atoms with E-state index in [-0.39, 0.29) is 0 Å². The minimum atomic E-state index is 0.306. The minimum absolute atomic E-state index is 0.306. The molecule has 1 aliphatic rings. The van der Waals surface area contributed by atoms with Crippen LogP contribution in [0.25, 0.3) is 0 Å². The predicted octanol–water partition coefficient (Wildman–Crippen LogP) is 2.57. The monoisotopic (exact) mass is 280 g/mol. The number of ether oxygens (including phenoxy) is 2. The molecule has 0 saturated carbocycles. The van der Waals surface area contributed by atoms with Crippen LogP contribution in [0, 0.1) is 0 Å². The maximum absolute atomic E-state index is 5.34. The van der Waals surface area contributed by atoms with Crippen molar-refractivity contribution in [3.63, 3.8) is 0 Å². The second-order valence-electron chi connectivity index (χ2n) is 4.70. The fourth-order valence-electron chi connectivity index (χ4n) is 2.01. The van der Waals surface area contributed by atoms with Crippen LogP contribution in [0.5, 0.6) is 11.5 Å². The van der Waals surface area contributed by atoms with Crippen molar-refractivity contribution in [3.05, 3.63) is 23.8 Å². The Morgan fingerprint density at radius 2 is 2.16 bits per heavy atom. The summed E-state index contributed by atoms with van der Waals surface area (Å²) in [5, 5.41) is 7.16. The molecule has 0 spiro atoms. The molecule has 2 rings (SSSR count). The first-order valence-corrected chi connectivity index (χ1v) is 7.02. The van der Waals surface area contributed by atoms with E-state index >= 15 is 0 Å². The van der Waals surface area contributed by atoms with E-state index in [1.165, 1.54) is 0 Å². The number of thiocarbonyl (C=S) groups is 1. The summed E-state index contributed by atoms with van der Waals surface area (Å²) in [6.07, 6.45) is 2.27. The van der Waals surface area contributed by atoms with Gasteiger partial charge >= 0.3 is 0 Å². The summed E-state index contributed by atoms with van der Waals surface area (Å²) < 4.78 is 10.6. The molecule has 19 heavy (non-hydrogen) atoms. The van der Waals surface area contributed by atoms with Gasteiger partial charge in [-0.25, -0.2) is 0 Å². The molecule has 1 aromatic carbocycles. The summed E-state index contributed by atoms with van der Waals surface area (Å²) >= 11 is 5.26. The molecule has 0 aromatic heterocycles. The highest BCUT2D eigenvalue weighted by Gasteiger charge is 2.13. The lowest BCUT2D eigenvalue weighted by Gasteiger charge is -2.16. The molecule has 0 aliphatic carbocycles. The van der Waals surface area contributed by atoms with Crippen LogP contribution in [0.15, 0.2) is 18.2 Å². The van der Waals surface area contributed by atoms with E-state index in [1.807, 2.05) is 18.2 Å². The van der Waals surface area contributed by atoms with Crippen LogP contribution in [0.1, 0.15) is 32.3 Å². The van der Waals surface area contributed by atoms with Gasteiger partial charge in [0.05, 0.1) is 0 Å². The molecule has 1 aliphatic heterocycles. The zero-order valence-corrected chi connectivity index (χ0v) is 12.2. The first kappa shape index (κ1) is 13.9. The lowest BCUT2D eigenvalue weighted by atomic mass is 10.2. The Kier molecular flexibility index (Phi) is 4.85. The van der Waals surface area contributed by atoms with Gasteiger partial charge in [-0.15, -0.1) is 0 Å². The Morgan fingerprint density at radius 3 is 2.95 bits per heavy atom. The molecule has 0 amide bonds. The zero-order chi connectivity index (χ0) is 13.7. The van der Waals surface area contributed by atoms with Crippen LogP contribution in [0.4, 0.5) is 0 Å². The van der Waals surface area contributed by atoms with Crippen LogP contribution in [-0.4, -0.2) is 17.9 Å². The SMILES string of the molecule is CCC[C@@H](C)NC(=S)NCc1ccc2c(c1)OCO2. The molecule has 0 unspecified atom stereocenters. The van der Waals surface area contributed by atoms with Gasteiger partial charge in [0.15, 0.2) is 16.6 Å². The Morgan fingerprint density at radius 1 is 1.37 bits per heavy atom. The Labute approximate surface area is 119 Å². The number of rotatable bonds is 5. The van der Waals surface area contributed by atoms with Crippen LogP contribution in [0.3, 0.4) is 0 Å². The summed E-state index contributed by atoms with van der Waals surface area (Å²) in [7, 11) is 0. The third-order valence-electron chi connectivity index (χ3n) is 2.99. The van der Waals surface area contributed by atoms with Crippen molar-refractivity contribution in [2.75, 3.05) is 6.79 Å². The summed E-state index contributed by atoms with van der Waals surface area (Å²) in [6, 6.07) is 6.32. The third kappa shape index (κ3) is 3.99. The first-order chi connectivity index (χ1) is 9.19. The normalized spacial score (nSPS) is 14.0. The van der Waals surface area contributed by atoms with Gasteiger partial charge in [-0.05, 0) is 43.3 Å². The fourth-order valence-corrected chi connectivity index (χ4v) is 2.29. The van der Waals surface area contributed by atoms with E-state index < -0.39 is 0 Å². The Hall–Kier alpha value is -1.49. The van der Waals surface area contributed by atoms with Crippen molar-refractivity contribution in [2.45, 2.75) is 39.3 Å². The van der Waals surface area contributed by atoms with Gasteiger partial charge in [-0.3, -0.25) is 0 Å². The summed E-state index contributed by atoms with van der Waals surface area (Å²) in [5.41, 5.74) is 1.12. The molecule has 2 N–H and O–H groups in total. The smallest absolute Gasteiger partial charge is 0.231 e. The largest absolute Gasteiger partial charge is 0.454 e. The average Bonchev–Trinajstić information content (AvgIpc) is 2.83. The van der Waals surface area contributed by atoms with E-state index in [0.717, 1.165) is 29.9 Å². The average molecular weight is 280 g/mol. The molecule has 0 saturated heterocycles. The molecule has 104 valence electrons. The highest BCUT2D eigenvalue weighted by Crippen LogP contribution is 2.32. The van der Waals surface area contributed by atoms with Gasteiger partial charge in [0, 0.05) is 12.6 Å². The summed E-state index contributed by atoms with van der Waals surface area (Å²) in [4.78, 5) is 0. The molecule has 1 heterocycles. The summed E-state index contributed by atoms with van der Waals surface area (Å²) in [6.45, 7) is 5.29. The van der Waals surface area contributed by atoms with Crippen LogP contribution >= 0.6 is 12.2 Å². The molecular weight excluding hydrogens is 260 g/mol. The van der Waals surface area contributed by atoms with Gasteiger partial charge in [-0.1, -0.05) is 19.4 Å². The Bertz CT molecular complexity index is 451. The van der Waals surface area contributed by atoms with E-state index in [9.17, 15) is 0 Å². The highest BCUT2D eigenvalue weighted by molar-refractivity contribution is 7.80. The maximum Gasteiger partial charge on any atom is 0.231 e. The number of fused-ring (bicyclic) bond motifs is 1. The lowest BCUT2D eigenvalue weighted by Crippen LogP contribution is -2.40. The van der Waals surface area contributed by atoms with Crippen molar-refractivity contribution in [3.8, 4) is 11.5 Å². The van der Waals surface area contributed by atoms with Gasteiger partial charge < -0.3 is 20.1 Å². The highest BCUT2D eigenvalue weighted by atomic mass is 32.1. The quantitative estimate of drug-likeness (QED) is 0.812. The maximum atomic E-state index is 5.34. The molecule has 5 heteroatoms. The van der Waals surface area contributed by atoms with Crippen molar-refractivity contribution < 1.29 is 9.47 Å².